The zero-order valence-electron chi connectivity index (χ0n) is 76.0. The second-order valence-corrected chi connectivity index (χ2v) is 35.4. The Morgan fingerprint density at radius 2 is 1.10 bits per heavy atom. The molecule has 6 aliphatic carbocycles. The zero-order valence-corrected chi connectivity index (χ0v) is 76.8. The van der Waals surface area contributed by atoms with Gasteiger partial charge in [0.15, 0.2) is 46.6 Å². The number of nitrogens with zero attached hydrogens (tertiary/aromatic N) is 11. The van der Waals surface area contributed by atoms with Crippen molar-refractivity contribution in [2.75, 3.05) is 38.6 Å². The van der Waals surface area contributed by atoms with Crippen LogP contribution in [0.2, 0.25) is 0 Å². The number of hydrogen-bond donors (Lipinski definition) is 3. The summed E-state index contributed by atoms with van der Waals surface area (Å²) < 4.78 is 64.2. The molecule has 0 radical (unpaired) electrons. The lowest BCUT2D eigenvalue weighted by Gasteiger charge is -2.50. The van der Waals surface area contributed by atoms with Crippen LogP contribution in [-0.4, -0.2) is 118 Å². The van der Waals surface area contributed by atoms with Crippen LogP contribution in [0, 0.1) is 256 Å². The highest BCUT2D eigenvalue weighted by atomic mass is 32.2. The van der Waals surface area contributed by atoms with E-state index < -0.39 is 65.4 Å². The number of carbonyl (C=O) groups is 4. The Balaban J connectivity index is 0.000000307. The van der Waals surface area contributed by atoms with Crippen LogP contribution >= 0.6 is 0 Å². The third kappa shape index (κ3) is 27.8. The Bertz CT molecular complexity index is 6150. The second-order valence-electron chi connectivity index (χ2n) is 34.0. The van der Waals surface area contributed by atoms with Crippen LogP contribution in [0.4, 0.5) is 26.7 Å². The van der Waals surface area contributed by atoms with E-state index in [1.807, 2.05) is 32.1 Å². The molecule has 6 fully saturated rings. The number of carbonyl (C=O) groups excluding carboxylic acids is 4. The van der Waals surface area contributed by atoms with Crippen molar-refractivity contribution in [3.05, 3.63) is 77.1 Å². The first kappa shape index (κ1) is 101. The summed E-state index contributed by atoms with van der Waals surface area (Å²) in [4.78, 5) is 97.8. The number of esters is 2. The van der Waals surface area contributed by atoms with Crippen molar-refractivity contribution in [2.45, 2.75) is 219 Å². The maximum Gasteiger partial charge on any atom is 0.416 e. The van der Waals surface area contributed by atoms with Gasteiger partial charge < -0.3 is 28.6 Å². The number of hydrogen-bond acceptors (Lipinski definition) is 21. The number of H-pyrrole nitrogens is 2. The predicted octanol–water partition coefficient (Wildman–Crippen LogP) is 17.1. The molecule has 6 aliphatic rings. The van der Waals surface area contributed by atoms with Crippen LogP contribution in [0.1, 0.15) is 223 Å². The number of amides is 2. The average molecular weight is 1830 g/mol. The number of nitrogens with one attached hydrogen (secondary N) is 3. The minimum Gasteiger partial charge on any atom is -0.496 e. The highest BCUT2D eigenvalue weighted by molar-refractivity contribution is 7.88. The monoisotopic (exact) mass is 1820 g/mol. The quantitative estimate of drug-likeness (QED) is 0.00999. The molecule has 30 nitrogen and oxygen atoms in total. The van der Waals surface area contributed by atoms with Gasteiger partial charge >= 0.3 is 34.4 Å². The maximum absolute atomic E-state index is 15.5. The summed E-state index contributed by atoms with van der Waals surface area (Å²) in [7, 11) is -1.77. The van der Waals surface area contributed by atoms with Gasteiger partial charge in [0.1, 0.15) is 23.2 Å². The fourth-order valence-electron chi connectivity index (χ4n) is 19.2. The number of rotatable bonds is 29. The van der Waals surface area contributed by atoms with Gasteiger partial charge in [0.2, 0.25) is 11.8 Å². The van der Waals surface area contributed by atoms with E-state index in [1.165, 1.54) is 100 Å². The van der Waals surface area contributed by atoms with E-state index in [2.05, 4.69) is 191 Å². The molecule has 11 rings (SSSR count). The molecule has 6 saturated carbocycles. The molecule has 0 aliphatic heterocycles. The second kappa shape index (κ2) is 51.2. The number of benzene rings is 1. The summed E-state index contributed by atoms with van der Waals surface area (Å²) >= 11 is 0. The Hall–Kier alpha value is -15.4. The molecule has 1 aromatic carbocycles. The van der Waals surface area contributed by atoms with Crippen LogP contribution in [0.15, 0.2) is 42.9 Å². The van der Waals surface area contributed by atoms with Gasteiger partial charge in [-0.3, -0.25) is 38.6 Å². The van der Waals surface area contributed by atoms with E-state index in [4.69, 9.17) is 74.2 Å². The SMILES string of the molecule is [C-]#[N+]c1c(C(=O)OC2C(C3CCCCC3)CC(C3CCCCC3)CC2C2CCCCC2)c2nc(C3CCC(C)CC3)[nH]n2c1OC(=O)N(CC(=C)OOC#CC#CC#CC#CC#CC#C)CC(=C)OOC#CC#CC#CC#CC#CC#C.[C-]#[N+]c1c(OC(=O)C2C(C)CC(C)CC2C)c2nc(-c3cc(NS(=O)(=O)OC)ccc3OC)[nH]n2c1OC(=O)N(CCC#N)C(CC#N)CCC#N. The average Bonchev–Trinajstić information content (AvgIpc) is 1.58. The molecular weight excluding hydrogens is 1720 g/mol. The number of anilines is 1. The standard InChI is InChI=1S/C69H65N5O8.C34H39N9O8S/c1-7-9-11-13-15-17-19-21-23-34-46-77-81-53(4)50-73(51-54(5)82-78-47-35-24-22-20-18-16-14-12-10-8-2)69(76)80-67-63(70-6)62(66-71-65(72-74(66)67)58-44-42-52(3)43-45-58)68(75)79-64-60(56-38-30-26-31-39-56)48-59(55-36-28-25-29-37-55)49-61(64)57-40-32-27-33-41-57;1-20-17-21(2)27(22(3)18-20)33(44)50-29-28(38-4)32(51-34(45)42(16-8-14-36)24(12-15-37)9-7-13-35)43-31(29)39-30(40-43)25-19-23(10-11-26(25)48-5)41-52(46,47)49-6/h1-2,52,55-61,64H,4-5,25-33,36-45,48-51H2,3H3,(H,71,72);10-11,19-22,24,27,41H,7-9,12,16-18H2,1-3,5-6H3,(H,39,40). The van der Waals surface area contributed by atoms with Gasteiger partial charge in [-0.05, 0) is 182 Å². The van der Waals surface area contributed by atoms with E-state index in [0.29, 0.717) is 41.3 Å². The van der Waals surface area contributed by atoms with Gasteiger partial charge in [0.25, 0.3) is 11.4 Å². The molecule has 0 spiro atoms. The summed E-state index contributed by atoms with van der Waals surface area (Å²) in [5, 5.41) is 34.2. The smallest absolute Gasteiger partial charge is 0.416 e. The number of methoxy groups -OCH3 is 1. The number of fused-ring (bicyclic) bond motifs is 2. The Kier molecular flexibility index (Phi) is 38.5. The van der Waals surface area contributed by atoms with Crippen LogP contribution < -0.4 is 23.7 Å². The van der Waals surface area contributed by atoms with Crippen molar-refractivity contribution in [1.82, 2.24) is 39.0 Å². The minimum atomic E-state index is -4.15. The molecule has 0 saturated heterocycles. The number of ether oxygens (including phenoxy) is 5. The van der Waals surface area contributed by atoms with Crippen LogP contribution in [-0.2, 0) is 43.6 Å². The fraction of sp³-hybridized carbons (Fsp3) is 0.485. The first-order valence-electron chi connectivity index (χ1n) is 44.7. The molecule has 5 aromatic rings. The van der Waals surface area contributed by atoms with E-state index in [0.717, 1.165) is 98.5 Å². The fourth-order valence-corrected chi connectivity index (χ4v) is 19.7. The molecule has 5 atom stereocenters. The van der Waals surface area contributed by atoms with Crippen molar-refractivity contribution < 1.29 is 75.0 Å². The van der Waals surface area contributed by atoms with Crippen molar-refractivity contribution in [1.29, 1.82) is 15.8 Å². The van der Waals surface area contributed by atoms with Crippen molar-refractivity contribution in [3.63, 3.8) is 0 Å². The lowest BCUT2D eigenvalue weighted by Crippen LogP contribution is -2.48. The van der Waals surface area contributed by atoms with Gasteiger partial charge in [-0.25, -0.2) is 52.8 Å². The molecule has 2 amide bonds. The third-order valence-electron chi connectivity index (χ3n) is 25.1. The molecule has 4 aromatic heterocycles. The summed E-state index contributed by atoms with van der Waals surface area (Å²) in [6, 6.07) is 9.46. The molecule has 688 valence electrons. The van der Waals surface area contributed by atoms with Crippen LogP contribution in [0.3, 0.4) is 0 Å². The molecule has 134 heavy (non-hydrogen) atoms. The van der Waals surface area contributed by atoms with Gasteiger partial charge in [0, 0.05) is 84.1 Å². The topological polar surface area (TPSA) is 360 Å². The van der Waals surface area contributed by atoms with Crippen LogP contribution in [0.5, 0.6) is 23.3 Å². The predicted molar refractivity (Wildman–Crippen MR) is 495 cm³/mol. The van der Waals surface area contributed by atoms with Gasteiger partial charge in [-0.1, -0.05) is 150 Å². The summed E-state index contributed by atoms with van der Waals surface area (Å²) in [5.74, 6) is 50.0. The molecule has 5 unspecified atom stereocenters. The maximum atomic E-state index is 15.5. The van der Waals surface area contributed by atoms with E-state index in [-0.39, 0.29) is 142 Å². The largest absolute Gasteiger partial charge is 0.496 e. The highest BCUT2D eigenvalue weighted by Gasteiger charge is 2.50. The third-order valence-corrected chi connectivity index (χ3v) is 26.1. The molecule has 4 heterocycles. The Morgan fingerprint density at radius 3 is 1.61 bits per heavy atom. The van der Waals surface area contributed by atoms with Crippen molar-refractivity contribution >= 4 is 62.8 Å². The normalized spacial score (nSPS) is 20.1. The number of aromatic nitrogens is 6. The zero-order chi connectivity index (χ0) is 95.9. The molecule has 3 N–H and O–H groups in total. The summed E-state index contributed by atoms with van der Waals surface area (Å²) in [6.45, 7) is 31.9. The molecule has 31 heteroatoms. The van der Waals surface area contributed by atoms with E-state index >= 15 is 4.79 Å². The lowest BCUT2D eigenvalue weighted by molar-refractivity contribution is -0.205. The van der Waals surface area contributed by atoms with Crippen LogP contribution in [0.25, 0.3) is 32.4 Å². The van der Waals surface area contributed by atoms with Crippen molar-refractivity contribution in [2.24, 2.45) is 65.1 Å². The van der Waals surface area contributed by atoms with Gasteiger partial charge in [0.05, 0.1) is 88.7 Å². The van der Waals surface area contributed by atoms with Gasteiger partial charge in [-0.15, -0.1) is 12.8 Å². The summed E-state index contributed by atoms with van der Waals surface area (Å²) in [6.07, 6.45) is 37.7. The van der Waals surface area contributed by atoms with E-state index in [9.17, 15) is 38.6 Å². The Morgan fingerprint density at radius 1 is 0.597 bits per heavy atom. The van der Waals surface area contributed by atoms with Gasteiger partial charge in [-0.2, -0.15) is 24.2 Å². The number of terminal acetylenes is 2. The summed E-state index contributed by atoms with van der Waals surface area (Å²) in [5.41, 5.74) is -0.234. The Labute approximate surface area is 784 Å². The number of nitriles is 3. The minimum absolute atomic E-state index is 0.0187. The number of aromatic amines is 2. The molecular formula is C103H104N14O16S. The highest BCUT2D eigenvalue weighted by Crippen LogP contribution is 2.54. The first-order valence-corrected chi connectivity index (χ1v) is 46.1. The van der Waals surface area contributed by atoms with E-state index in [1.54, 1.807) is 0 Å². The molecule has 0 bridgehead atoms. The lowest BCUT2D eigenvalue weighted by atomic mass is 9.58. The first-order chi connectivity index (χ1) is 65.0. The van der Waals surface area contributed by atoms with Crippen molar-refractivity contribution in [3.8, 4) is 196 Å².